The van der Waals surface area contributed by atoms with E-state index in [4.69, 9.17) is 11.6 Å². The highest BCUT2D eigenvalue weighted by Gasteiger charge is 2.11. The molecule has 0 bridgehead atoms. The Morgan fingerprint density at radius 1 is 1.14 bits per heavy atom. The molecule has 2 N–H and O–H groups in total. The Labute approximate surface area is 130 Å². The lowest BCUT2D eigenvalue weighted by molar-refractivity contribution is -0.120. The highest BCUT2D eigenvalue weighted by molar-refractivity contribution is 6.33. The van der Waals surface area contributed by atoms with Crippen LogP contribution < -0.4 is 10.6 Å². The number of para-hydroxylation sites is 1. The van der Waals surface area contributed by atoms with E-state index in [2.05, 4.69) is 10.6 Å². The summed E-state index contributed by atoms with van der Waals surface area (Å²) in [5, 5.41) is 6.63. The largest absolute Gasteiger partial charge is 0.375 e. The molecule has 0 saturated heterocycles. The van der Waals surface area contributed by atoms with Gasteiger partial charge in [-0.25, -0.2) is 0 Å². The van der Waals surface area contributed by atoms with Gasteiger partial charge in [0, 0.05) is 0 Å². The van der Waals surface area contributed by atoms with E-state index in [1.165, 1.54) is 5.56 Å². The number of aryl methyl sites for hydroxylation is 1. The van der Waals surface area contributed by atoms with Crippen molar-refractivity contribution in [1.29, 1.82) is 0 Å². The standard InChI is InChI=1S/C17H19ClN2O/c1-12-7-3-4-8-14(12)13(2)20-17(21)11-19-16-10-6-5-9-15(16)18/h3-10,13,19H,11H2,1-2H3,(H,20,21). The van der Waals surface area contributed by atoms with Gasteiger partial charge in [-0.05, 0) is 37.1 Å². The fourth-order valence-electron chi connectivity index (χ4n) is 2.22. The molecule has 0 aliphatic heterocycles. The van der Waals surface area contributed by atoms with Crippen LogP contribution in [-0.2, 0) is 4.79 Å². The summed E-state index contributed by atoms with van der Waals surface area (Å²) < 4.78 is 0. The van der Waals surface area contributed by atoms with Crippen molar-refractivity contribution in [3.8, 4) is 0 Å². The molecule has 0 radical (unpaired) electrons. The summed E-state index contributed by atoms with van der Waals surface area (Å²) in [7, 11) is 0. The normalized spacial score (nSPS) is 11.8. The van der Waals surface area contributed by atoms with E-state index >= 15 is 0 Å². The number of carbonyl (C=O) groups excluding carboxylic acids is 1. The van der Waals surface area contributed by atoms with Crippen LogP contribution in [0.4, 0.5) is 5.69 Å². The first kappa shape index (κ1) is 15.4. The predicted molar refractivity (Wildman–Crippen MR) is 87.7 cm³/mol. The molecule has 0 fully saturated rings. The molecule has 0 aliphatic rings. The van der Waals surface area contributed by atoms with Crippen molar-refractivity contribution in [1.82, 2.24) is 5.32 Å². The summed E-state index contributed by atoms with van der Waals surface area (Å²) in [5.41, 5.74) is 3.06. The molecule has 0 heterocycles. The number of hydrogen-bond donors (Lipinski definition) is 2. The monoisotopic (exact) mass is 302 g/mol. The molecule has 0 spiro atoms. The van der Waals surface area contributed by atoms with Gasteiger partial charge in [0.05, 0.1) is 23.3 Å². The van der Waals surface area contributed by atoms with E-state index < -0.39 is 0 Å². The van der Waals surface area contributed by atoms with Crippen molar-refractivity contribution in [2.45, 2.75) is 19.9 Å². The fourth-order valence-corrected chi connectivity index (χ4v) is 2.43. The van der Waals surface area contributed by atoms with Gasteiger partial charge in [0.25, 0.3) is 0 Å². The summed E-state index contributed by atoms with van der Waals surface area (Å²) in [5.74, 6) is -0.0642. The van der Waals surface area contributed by atoms with Gasteiger partial charge in [-0.2, -0.15) is 0 Å². The van der Waals surface area contributed by atoms with Crippen LogP contribution in [0.2, 0.25) is 5.02 Å². The zero-order valence-electron chi connectivity index (χ0n) is 12.2. The average molecular weight is 303 g/mol. The predicted octanol–water partition coefficient (Wildman–Crippen LogP) is 3.94. The van der Waals surface area contributed by atoms with Gasteiger partial charge in [0.2, 0.25) is 5.91 Å². The van der Waals surface area contributed by atoms with Gasteiger partial charge < -0.3 is 10.6 Å². The number of rotatable bonds is 5. The molecular weight excluding hydrogens is 284 g/mol. The van der Waals surface area contributed by atoms with Gasteiger partial charge in [-0.1, -0.05) is 48.0 Å². The third-order valence-corrected chi connectivity index (χ3v) is 3.68. The molecule has 2 aromatic rings. The second-order valence-electron chi connectivity index (χ2n) is 4.98. The Morgan fingerprint density at radius 2 is 1.81 bits per heavy atom. The van der Waals surface area contributed by atoms with Crippen molar-refractivity contribution < 1.29 is 4.79 Å². The number of benzene rings is 2. The number of carbonyl (C=O) groups is 1. The molecule has 0 saturated carbocycles. The molecular formula is C17H19ClN2O. The Morgan fingerprint density at radius 3 is 2.52 bits per heavy atom. The zero-order valence-corrected chi connectivity index (χ0v) is 12.9. The van der Waals surface area contributed by atoms with Gasteiger partial charge in [-0.15, -0.1) is 0 Å². The van der Waals surface area contributed by atoms with E-state index in [9.17, 15) is 4.79 Å². The van der Waals surface area contributed by atoms with Crippen molar-refractivity contribution >= 4 is 23.2 Å². The lowest BCUT2D eigenvalue weighted by Crippen LogP contribution is -2.32. The minimum atomic E-state index is -0.0642. The third kappa shape index (κ3) is 4.23. The van der Waals surface area contributed by atoms with Crippen LogP contribution in [0.1, 0.15) is 24.1 Å². The molecule has 2 rings (SSSR count). The van der Waals surface area contributed by atoms with E-state index in [1.807, 2.05) is 56.3 Å². The van der Waals surface area contributed by atoms with E-state index in [1.54, 1.807) is 6.07 Å². The van der Waals surface area contributed by atoms with E-state index in [0.717, 1.165) is 11.3 Å². The first-order valence-electron chi connectivity index (χ1n) is 6.91. The van der Waals surface area contributed by atoms with Gasteiger partial charge in [0.15, 0.2) is 0 Å². The van der Waals surface area contributed by atoms with Crippen LogP contribution in [0.5, 0.6) is 0 Å². The maximum atomic E-state index is 12.0. The summed E-state index contributed by atoms with van der Waals surface area (Å²) in [4.78, 5) is 12.0. The van der Waals surface area contributed by atoms with Crippen molar-refractivity contribution in [3.63, 3.8) is 0 Å². The van der Waals surface area contributed by atoms with Crippen LogP contribution in [0.25, 0.3) is 0 Å². The highest BCUT2D eigenvalue weighted by Crippen LogP contribution is 2.20. The first-order valence-corrected chi connectivity index (χ1v) is 7.29. The molecule has 0 aliphatic carbocycles. The molecule has 1 unspecified atom stereocenters. The van der Waals surface area contributed by atoms with Crippen molar-refractivity contribution in [2.24, 2.45) is 0 Å². The molecule has 1 atom stereocenters. The van der Waals surface area contributed by atoms with Gasteiger partial charge >= 0.3 is 0 Å². The molecule has 3 nitrogen and oxygen atoms in total. The Kier molecular flexibility index (Phi) is 5.23. The average Bonchev–Trinajstić information content (AvgIpc) is 2.46. The number of nitrogens with one attached hydrogen (secondary N) is 2. The molecule has 1 amide bonds. The lowest BCUT2D eigenvalue weighted by atomic mass is 10.0. The lowest BCUT2D eigenvalue weighted by Gasteiger charge is -2.17. The van der Waals surface area contributed by atoms with Crippen LogP contribution >= 0.6 is 11.6 Å². The topological polar surface area (TPSA) is 41.1 Å². The highest BCUT2D eigenvalue weighted by atomic mass is 35.5. The van der Waals surface area contributed by atoms with E-state index in [0.29, 0.717) is 5.02 Å². The Hall–Kier alpha value is -2.00. The molecule has 2 aromatic carbocycles. The van der Waals surface area contributed by atoms with Gasteiger partial charge in [0.1, 0.15) is 0 Å². The van der Waals surface area contributed by atoms with Crippen LogP contribution in [0.15, 0.2) is 48.5 Å². The summed E-state index contributed by atoms with van der Waals surface area (Å²) in [6.07, 6.45) is 0. The van der Waals surface area contributed by atoms with Gasteiger partial charge in [-0.3, -0.25) is 4.79 Å². The minimum absolute atomic E-state index is 0.0215. The quantitative estimate of drug-likeness (QED) is 0.878. The smallest absolute Gasteiger partial charge is 0.239 e. The maximum Gasteiger partial charge on any atom is 0.239 e. The second-order valence-corrected chi connectivity index (χ2v) is 5.39. The number of amides is 1. The first-order chi connectivity index (χ1) is 10.1. The number of halogens is 1. The summed E-state index contributed by atoms with van der Waals surface area (Å²) >= 11 is 6.04. The molecule has 21 heavy (non-hydrogen) atoms. The number of anilines is 1. The molecule has 110 valence electrons. The summed E-state index contributed by atoms with van der Waals surface area (Å²) in [6, 6.07) is 15.4. The maximum absolute atomic E-state index is 12.0. The summed E-state index contributed by atoms with van der Waals surface area (Å²) in [6.45, 7) is 4.22. The second kappa shape index (κ2) is 7.14. The van der Waals surface area contributed by atoms with E-state index in [-0.39, 0.29) is 18.5 Å². The number of hydrogen-bond acceptors (Lipinski definition) is 2. The third-order valence-electron chi connectivity index (χ3n) is 3.35. The van der Waals surface area contributed by atoms with Crippen LogP contribution in [-0.4, -0.2) is 12.5 Å². The SMILES string of the molecule is Cc1ccccc1C(C)NC(=O)CNc1ccccc1Cl. The van der Waals surface area contributed by atoms with Crippen LogP contribution in [0, 0.1) is 6.92 Å². The van der Waals surface area contributed by atoms with Crippen molar-refractivity contribution in [3.05, 3.63) is 64.7 Å². The Balaban J connectivity index is 1.90. The molecule has 4 heteroatoms. The fraction of sp³-hybridized carbons (Fsp3) is 0.235. The van der Waals surface area contributed by atoms with Crippen LogP contribution in [0.3, 0.4) is 0 Å². The molecule has 0 aromatic heterocycles. The zero-order chi connectivity index (χ0) is 15.2. The minimum Gasteiger partial charge on any atom is -0.375 e. The van der Waals surface area contributed by atoms with Crippen molar-refractivity contribution in [2.75, 3.05) is 11.9 Å². The Bertz CT molecular complexity index is 628.